The van der Waals surface area contributed by atoms with E-state index in [0.29, 0.717) is 36.7 Å². The number of nitrogens with one attached hydrogen (secondary N) is 3. The third-order valence-electron chi connectivity index (χ3n) is 5.76. The summed E-state index contributed by atoms with van der Waals surface area (Å²) in [6.45, 7) is 0.242. The minimum Gasteiger partial charge on any atom is -0.403 e. The number of carbonyl (C=O) groups is 1. The molecule has 0 fully saturated rings. The Hall–Kier alpha value is -3.42. The molecule has 1 unspecified atom stereocenters. The van der Waals surface area contributed by atoms with E-state index < -0.39 is 27.8 Å². The van der Waals surface area contributed by atoms with Gasteiger partial charge in [-0.05, 0) is 43.4 Å². The lowest BCUT2D eigenvalue weighted by Gasteiger charge is -2.22. The van der Waals surface area contributed by atoms with Crippen LogP contribution in [-0.2, 0) is 27.5 Å². The molecule has 1 amide bonds. The van der Waals surface area contributed by atoms with Crippen LogP contribution in [0.25, 0.3) is 11.0 Å². The number of anilines is 2. The van der Waals surface area contributed by atoms with Gasteiger partial charge in [0.15, 0.2) is 11.6 Å². The molecular weight excluding hydrogens is 506 g/mol. The van der Waals surface area contributed by atoms with Gasteiger partial charge in [0.2, 0.25) is 5.91 Å². The minimum absolute atomic E-state index is 0.0178. The van der Waals surface area contributed by atoms with E-state index in [1.54, 1.807) is 0 Å². The molecule has 1 atom stereocenters. The molecule has 36 heavy (non-hydrogen) atoms. The predicted molar refractivity (Wildman–Crippen MR) is 123 cm³/mol. The van der Waals surface area contributed by atoms with E-state index in [1.165, 1.54) is 12.4 Å². The first-order valence-corrected chi connectivity index (χ1v) is 13.1. The molecule has 4 rings (SSSR count). The number of sulfone groups is 1. The van der Waals surface area contributed by atoms with Crippen molar-refractivity contribution in [2.45, 2.75) is 32.0 Å². The molecule has 14 heteroatoms. The summed E-state index contributed by atoms with van der Waals surface area (Å²) in [5.41, 5.74) is 2.27. The first kappa shape index (κ1) is 25.7. The Bertz CT molecular complexity index is 1390. The van der Waals surface area contributed by atoms with Crippen molar-refractivity contribution in [2.75, 3.05) is 23.9 Å². The number of aryl methyl sites for hydroxylation is 1. The predicted octanol–water partition coefficient (Wildman–Crippen LogP) is 3.40. The van der Waals surface area contributed by atoms with Crippen molar-refractivity contribution in [2.24, 2.45) is 5.92 Å². The van der Waals surface area contributed by atoms with Gasteiger partial charge in [0.05, 0.1) is 11.1 Å². The van der Waals surface area contributed by atoms with Gasteiger partial charge >= 0.3 is 6.36 Å². The molecule has 0 radical (unpaired) electrons. The summed E-state index contributed by atoms with van der Waals surface area (Å²) in [5, 5.41) is 6.25. The van der Waals surface area contributed by atoms with Crippen LogP contribution >= 0.6 is 0 Å². The van der Waals surface area contributed by atoms with Gasteiger partial charge in [-0.15, -0.1) is 13.2 Å². The van der Waals surface area contributed by atoms with Gasteiger partial charge in [0, 0.05) is 36.2 Å². The van der Waals surface area contributed by atoms with E-state index >= 15 is 0 Å². The number of nitrogens with zero attached hydrogens (tertiary/aromatic N) is 2. The SMILES string of the molecule is CS(=O)(=O)CCCNC(=O)C1CCc2[nH]c3ncnc(Nc4ccc(F)c(OC(F)(F)F)c4)c3c2C1. The largest absolute Gasteiger partial charge is 0.573 e. The smallest absolute Gasteiger partial charge is 0.403 e. The van der Waals surface area contributed by atoms with Gasteiger partial charge in [0.25, 0.3) is 0 Å². The maximum atomic E-state index is 13.8. The van der Waals surface area contributed by atoms with Crippen molar-refractivity contribution in [3.05, 3.63) is 41.6 Å². The number of H-pyrrole nitrogens is 1. The first-order valence-electron chi connectivity index (χ1n) is 11.0. The van der Waals surface area contributed by atoms with Crippen LogP contribution in [0, 0.1) is 11.7 Å². The molecule has 3 aromatic rings. The molecule has 0 saturated carbocycles. The van der Waals surface area contributed by atoms with E-state index in [4.69, 9.17) is 0 Å². The molecule has 1 aliphatic carbocycles. The number of rotatable bonds is 8. The summed E-state index contributed by atoms with van der Waals surface area (Å²) < 4.78 is 77.8. The van der Waals surface area contributed by atoms with Crippen molar-refractivity contribution >= 4 is 38.3 Å². The van der Waals surface area contributed by atoms with Gasteiger partial charge in [-0.1, -0.05) is 0 Å². The Morgan fingerprint density at radius 2 is 2.06 bits per heavy atom. The number of hydrogen-bond acceptors (Lipinski definition) is 7. The van der Waals surface area contributed by atoms with Gasteiger partial charge in [-0.3, -0.25) is 4.79 Å². The van der Waals surface area contributed by atoms with E-state index in [-0.39, 0.29) is 35.6 Å². The third kappa shape index (κ3) is 6.22. The monoisotopic (exact) mass is 529 g/mol. The molecule has 0 aliphatic heterocycles. The lowest BCUT2D eigenvalue weighted by molar-refractivity contribution is -0.275. The van der Waals surface area contributed by atoms with Crippen LogP contribution in [0.2, 0.25) is 0 Å². The number of alkyl halides is 3. The van der Waals surface area contributed by atoms with Crippen molar-refractivity contribution in [3.8, 4) is 5.75 Å². The van der Waals surface area contributed by atoms with E-state index in [0.717, 1.165) is 29.6 Å². The maximum Gasteiger partial charge on any atom is 0.573 e. The van der Waals surface area contributed by atoms with Gasteiger partial charge in [-0.2, -0.15) is 0 Å². The van der Waals surface area contributed by atoms with Gasteiger partial charge in [0.1, 0.15) is 27.6 Å². The van der Waals surface area contributed by atoms with Crippen LogP contribution in [0.3, 0.4) is 0 Å². The standard InChI is InChI=1S/C22H23F4N5O4S/c1-36(33,34)8-2-7-27-21(32)12-3-6-16-14(9-12)18-19(28-11-29-20(18)31-16)30-13-4-5-15(23)17(10-13)35-22(24,25)26/h4-5,10-12H,2-3,6-9H2,1H3,(H,27,32)(H2,28,29,30,31). The summed E-state index contributed by atoms with van der Waals surface area (Å²) in [6, 6.07) is 2.97. The van der Waals surface area contributed by atoms with E-state index in [1.807, 2.05) is 0 Å². The van der Waals surface area contributed by atoms with Gasteiger partial charge in [-0.25, -0.2) is 22.8 Å². The Labute approximate surface area is 203 Å². The van der Waals surface area contributed by atoms with E-state index in [2.05, 4.69) is 30.3 Å². The Morgan fingerprint density at radius 1 is 1.28 bits per heavy atom. The Morgan fingerprint density at radius 3 is 2.78 bits per heavy atom. The molecule has 0 saturated heterocycles. The van der Waals surface area contributed by atoms with Crippen LogP contribution in [0.15, 0.2) is 24.5 Å². The van der Waals surface area contributed by atoms with Crippen LogP contribution < -0.4 is 15.4 Å². The summed E-state index contributed by atoms with van der Waals surface area (Å²) in [7, 11) is -3.11. The number of amides is 1. The number of carbonyl (C=O) groups excluding carboxylic acids is 1. The molecule has 1 aromatic carbocycles. The molecule has 194 valence electrons. The van der Waals surface area contributed by atoms with Crippen LogP contribution in [-0.4, -0.2) is 54.2 Å². The third-order valence-corrected chi connectivity index (χ3v) is 6.79. The normalized spacial score (nSPS) is 16.0. The number of benzene rings is 1. The Kier molecular flexibility index (Phi) is 7.07. The fraction of sp³-hybridized carbons (Fsp3) is 0.409. The number of aromatic amines is 1. The average molecular weight is 530 g/mol. The second-order valence-electron chi connectivity index (χ2n) is 8.56. The average Bonchev–Trinajstić information content (AvgIpc) is 3.16. The number of ether oxygens (including phenoxy) is 1. The summed E-state index contributed by atoms with van der Waals surface area (Å²) in [6.07, 6.45) is -0.831. The lowest BCUT2D eigenvalue weighted by atomic mass is 9.86. The molecular formula is C22H23F4N5O4S. The zero-order chi connectivity index (χ0) is 26.1. The number of hydrogen-bond donors (Lipinski definition) is 3. The van der Waals surface area contributed by atoms with Crippen LogP contribution in [0.5, 0.6) is 5.75 Å². The van der Waals surface area contributed by atoms with Crippen LogP contribution in [0.4, 0.5) is 29.1 Å². The fourth-order valence-electron chi connectivity index (χ4n) is 4.17. The number of fused-ring (bicyclic) bond motifs is 3. The van der Waals surface area contributed by atoms with Gasteiger partial charge < -0.3 is 20.4 Å². The van der Waals surface area contributed by atoms with E-state index in [9.17, 15) is 30.8 Å². The molecule has 2 aromatic heterocycles. The second kappa shape index (κ2) is 9.91. The minimum atomic E-state index is -5.05. The second-order valence-corrected chi connectivity index (χ2v) is 10.8. The number of aromatic nitrogens is 3. The first-order chi connectivity index (χ1) is 16.9. The van der Waals surface area contributed by atoms with Crippen LogP contribution in [0.1, 0.15) is 24.1 Å². The maximum absolute atomic E-state index is 13.8. The molecule has 9 nitrogen and oxygen atoms in total. The zero-order valence-corrected chi connectivity index (χ0v) is 19.9. The van der Waals surface area contributed by atoms with Crippen molar-refractivity contribution in [1.29, 1.82) is 0 Å². The molecule has 0 bridgehead atoms. The molecule has 3 N–H and O–H groups in total. The quantitative estimate of drug-likeness (QED) is 0.302. The summed E-state index contributed by atoms with van der Waals surface area (Å²) >= 11 is 0. The molecule has 2 heterocycles. The van der Waals surface area contributed by atoms with Crippen molar-refractivity contribution in [3.63, 3.8) is 0 Å². The Balaban J connectivity index is 1.54. The summed E-state index contributed by atoms with van der Waals surface area (Å²) in [5.74, 6) is -2.45. The highest BCUT2D eigenvalue weighted by molar-refractivity contribution is 7.90. The highest BCUT2D eigenvalue weighted by Crippen LogP contribution is 2.36. The van der Waals surface area contributed by atoms with Crippen molar-refractivity contribution in [1.82, 2.24) is 20.3 Å². The highest BCUT2D eigenvalue weighted by atomic mass is 32.2. The fourth-order valence-corrected chi connectivity index (χ4v) is 4.84. The molecule has 0 spiro atoms. The zero-order valence-electron chi connectivity index (χ0n) is 19.1. The number of halogens is 4. The highest BCUT2D eigenvalue weighted by Gasteiger charge is 2.33. The van der Waals surface area contributed by atoms with Crippen molar-refractivity contribution < 1.29 is 35.5 Å². The topological polar surface area (TPSA) is 126 Å². The molecule has 1 aliphatic rings. The lowest BCUT2D eigenvalue weighted by Crippen LogP contribution is -2.35. The summed E-state index contributed by atoms with van der Waals surface area (Å²) in [4.78, 5) is 24.3.